The summed E-state index contributed by atoms with van der Waals surface area (Å²) in [6.07, 6.45) is 24.8. The van der Waals surface area contributed by atoms with Gasteiger partial charge in [0.25, 0.3) is 0 Å². The van der Waals surface area contributed by atoms with E-state index in [1.165, 1.54) is 83.5 Å². The van der Waals surface area contributed by atoms with Crippen molar-refractivity contribution in [2.24, 2.45) is 0 Å². The number of rotatable bonds is 17. The Bertz CT molecular complexity index is 260. The fourth-order valence-corrected chi connectivity index (χ4v) is 2.82. The highest BCUT2D eigenvalue weighted by molar-refractivity contribution is 6.63. The standard InChI is InChI=1S/C20H37ClO/c1-2-3-4-5-6-7-8-9-10-11-12-13-14-15-16-17-18-19-20(21)22/h11-12H,2-10,13-19H2,1H3. The summed E-state index contributed by atoms with van der Waals surface area (Å²) in [6.45, 7) is 2.27. The maximum Gasteiger partial charge on any atom is 0.221 e. The van der Waals surface area contributed by atoms with Crippen LogP contribution in [0.25, 0.3) is 0 Å². The Hall–Kier alpha value is -0.300. The van der Waals surface area contributed by atoms with Crippen LogP contribution >= 0.6 is 11.6 Å². The average Bonchev–Trinajstić information content (AvgIpc) is 2.50. The van der Waals surface area contributed by atoms with Crippen molar-refractivity contribution >= 4 is 16.8 Å². The molecule has 0 aliphatic heterocycles. The maximum absolute atomic E-state index is 10.6. The Labute approximate surface area is 143 Å². The van der Waals surface area contributed by atoms with E-state index in [0.29, 0.717) is 6.42 Å². The molecule has 0 N–H and O–H groups in total. The molecule has 0 amide bonds. The molecule has 1 nitrogen and oxygen atoms in total. The molecule has 0 rings (SSSR count). The monoisotopic (exact) mass is 328 g/mol. The van der Waals surface area contributed by atoms with Crippen molar-refractivity contribution in [1.29, 1.82) is 0 Å². The number of carbonyl (C=O) groups is 1. The zero-order valence-electron chi connectivity index (χ0n) is 14.8. The zero-order valence-corrected chi connectivity index (χ0v) is 15.5. The average molecular weight is 329 g/mol. The fourth-order valence-electron chi connectivity index (χ4n) is 2.69. The normalized spacial score (nSPS) is 11.4. The summed E-state index contributed by atoms with van der Waals surface area (Å²) in [6, 6.07) is 0. The van der Waals surface area contributed by atoms with Gasteiger partial charge in [0.05, 0.1) is 0 Å². The molecule has 0 spiro atoms. The van der Waals surface area contributed by atoms with Gasteiger partial charge in [0.15, 0.2) is 0 Å². The van der Waals surface area contributed by atoms with Gasteiger partial charge in [-0.25, -0.2) is 0 Å². The predicted molar refractivity (Wildman–Crippen MR) is 99.5 cm³/mol. The summed E-state index contributed by atoms with van der Waals surface area (Å²) in [5.41, 5.74) is 0. The number of halogens is 1. The van der Waals surface area contributed by atoms with Crippen molar-refractivity contribution in [2.75, 3.05) is 0 Å². The summed E-state index contributed by atoms with van der Waals surface area (Å²) in [4.78, 5) is 10.6. The lowest BCUT2D eigenvalue weighted by atomic mass is 10.1. The molecule has 0 unspecified atom stereocenters. The predicted octanol–water partition coefficient (Wildman–Crippen LogP) is 7.57. The molecular weight excluding hydrogens is 292 g/mol. The molecule has 0 aliphatic carbocycles. The van der Waals surface area contributed by atoms with Crippen LogP contribution in [0.15, 0.2) is 12.2 Å². The lowest BCUT2D eigenvalue weighted by Crippen LogP contribution is -1.86. The summed E-state index contributed by atoms with van der Waals surface area (Å²) < 4.78 is 0. The van der Waals surface area contributed by atoms with Crippen molar-refractivity contribution < 1.29 is 4.79 Å². The summed E-state index contributed by atoms with van der Waals surface area (Å²) in [5.74, 6) is 0. The van der Waals surface area contributed by atoms with Gasteiger partial charge in [-0.15, -0.1) is 0 Å². The Morgan fingerprint density at radius 3 is 1.55 bits per heavy atom. The minimum Gasteiger partial charge on any atom is -0.281 e. The quantitative estimate of drug-likeness (QED) is 0.153. The van der Waals surface area contributed by atoms with Crippen LogP contribution in [0.2, 0.25) is 0 Å². The van der Waals surface area contributed by atoms with Gasteiger partial charge in [-0.1, -0.05) is 83.3 Å². The Morgan fingerprint density at radius 2 is 1.09 bits per heavy atom. The largest absolute Gasteiger partial charge is 0.281 e. The van der Waals surface area contributed by atoms with Gasteiger partial charge in [-0.2, -0.15) is 0 Å². The second-order valence-electron chi connectivity index (χ2n) is 6.40. The van der Waals surface area contributed by atoms with Crippen LogP contribution < -0.4 is 0 Å². The fraction of sp³-hybridized carbons (Fsp3) is 0.850. The lowest BCUT2D eigenvalue weighted by molar-refractivity contribution is -0.111. The first-order valence-corrected chi connectivity index (χ1v) is 9.98. The number of unbranched alkanes of at least 4 members (excludes halogenated alkanes) is 13. The maximum atomic E-state index is 10.6. The van der Waals surface area contributed by atoms with Gasteiger partial charge >= 0.3 is 0 Å². The van der Waals surface area contributed by atoms with Gasteiger partial charge in [0.2, 0.25) is 5.24 Å². The molecule has 130 valence electrons. The minimum absolute atomic E-state index is 0.191. The third-order valence-electron chi connectivity index (χ3n) is 4.14. The highest BCUT2D eigenvalue weighted by atomic mass is 35.5. The van der Waals surface area contributed by atoms with Crippen LogP contribution in [0.5, 0.6) is 0 Å². The number of hydrogen-bond acceptors (Lipinski definition) is 1. The van der Waals surface area contributed by atoms with Crippen LogP contribution in [0.1, 0.15) is 110 Å². The molecule has 0 atom stereocenters. The lowest BCUT2D eigenvalue weighted by Gasteiger charge is -2.00. The molecule has 0 aromatic carbocycles. The molecule has 0 aromatic rings. The van der Waals surface area contributed by atoms with E-state index in [1.807, 2.05) is 0 Å². The second kappa shape index (κ2) is 18.7. The third kappa shape index (κ3) is 19.7. The van der Waals surface area contributed by atoms with Gasteiger partial charge in [-0.3, -0.25) is 4.79 Å². The van der Waals surface area contributed by atoms with E-state index in [9.17, 15) is 4.79 Å². The third-order valence-corrected chi connectivity index (χ3v) is 4.32. The van der Waals surface area contributed by atoms with Crippen LogP contribution in [-0.4, -0.2) is 5.24 Å². The van der Waals surface area contributed by atoms with Gasteiger partial charge in [-0.05, 0) is 43.7 Å². The minimum atomic E-state index is -0.191. The number of hydrogen-bond donors (Lipinski definition) is 0. The summed E-state index contributed by atoms with van der Waals surface area (Å²) >= 11 is 5.30. The first-order chi connectivity index (χ1) is 10.8. The van der Waals surface area contributed by atoms with Crippen LogP contribution in [0, 0.1) is 0 Å². The SMILES string of the molecule is CCCCCCCCCCC=CCCCCCCCC(=O)Cl. The molecule has 0 fully saturated rings. The van der Waals surface area contributed by atoms with Gasteiger partial charge < -0.3 is 0 Å². The van der Waals surface area contributed by atoms with E-state index in [-0.39, 0.29) is 5.24 Å². The van der Waals surface area contributed by atoms with Gasteiger partial charge in [0, 0.05) is 6.42 Å². The zero-order chi connectivity index (χ0) is 16.3. The molecule has 0 saturated heterocycles. The second-order valence-corrected chi connectivity index (χ2v) is 6.82. The summed E-state index contributed by atoms with van der Waals surface area (Å²) in [7, 11) is 0. The molecule has 0 bridgehead atoms. The van der Waals surface area contributed by atoms with Crippen LogP contribution in [-0.2, 0) is 4.79 Å². The van der Waals surface area contributed by atoms with Gasteiger partial charge in [0.1, 0.15) is 0 Å². The van der Waals surface area contributed by atoms with Crippen molar-refractivity contribution in [3.63, 3.8) is 0 Å². The molecule has 0 saturated carbocycles. The van der Waals surface area contributed by atoms with Crippen molar-refractivity contribution in [3.05, 3.63) is 12.2 Å². The van der Waals surface area contributed by atoms with Crippen molar-refractivity contribution in [2.45, 2.75) is 110 Å². The molecule has 0 radical (unpaired) electrons. The van der Waals surface area contributed by atoms with E-state index in [2.05, 4.69) is 19.1 Å². The van der Waals surface area contributed by atoms with E-state index in [0.717, 1.165) is 12.8 Å². The highest BCUT2D eigenvalue weighted by Crippen LogP contribution is 2.11. The number of carbonyl (C=O) groups excluding carboxylic acids is 1. The molecule has 0 aliphatic rings. The number of allylic oxidation sites excluding steroid dienone is 2. The molecule has 0 aromatic heterocycles. The first kappa shape index (κ1) is 21.7. The Morgan fingerprint density at radius 1 is 0.682 bits per heavy atom. The van der Waals surface area contributed by atoms with Crippen LogP contribution in [0.3, 0.4) is 0 Å². The van der Waals surface area contributed by atoms with E-state index in [4.69, 9.17) is 11.6 Å². The first-order valence-electron chi connectivity index (χ1n) is 9.60. The summed E-state index contributed by atoms with van der Waals surface area (Å²) in [5, 5.41) is -0.191. The van der Waals surface area contributed by atoms with E-state index < -0.39 is 0 Å². The van der Waals surface area contributed by atoms with Crippen molar-refractivity contribution in [3.8, 4) is 0 Å². The molecule has 22 heavy (non-hydrogen) atoms. The van der Waals surface area contributed by atoms with E-state index in [1.54, 1.807) is 0 Å². The topological polar surface area (TPSA) is 17.1 Å². The molecular formula is C20H37ClO. The Balaban J connectivity index is 3.07. The smallest absolute Gasteiger partial charge is 0.221 e. The van der Waals surface area contributed by atoms with E-state index >= 15 is 0 Å². The van der Waals surface area contributed by atoms with Crippen molar-refractivity contribution in [1.82, 2.24) is 0 Å². The molecule has 2 heteroatoms. The Kier molecular flexibility index (Phi) is 18.5. The molecule has 0 heterocycles. The van der Waals surface area contributed by atoms with Crippen LogP contribution in [0.4, 0.5) is 0 Å². The highest BCUT2D eigenvalue weighted by Gasteiger charge is 1.95.